The van der Waals surface area contributed by atoms with E-state index >= 15 is 0 Å². The van der Waals surface area contributed by atoms with E-state index in [9.17, 15) is 4.79 Å². The van der Waals surface area contributed by atoms with Crippen molar-refractivity contribution in [2.75, 3.05) is 6.61 Å². The van der Waals surface area contributed by atoms with Crippen molar-refractivity contribution < 1.29 is 9.63 Å². The number of hydrogen-bond donors (Lipinski definition) is 1. The van der Waals surface area contributed by atoms with Gasteiger partial charge in [0.1, 0.15) is 0 Å². The summed E-state index contributed by atoms with van der Waals surface area (Å²) in [6, 6.07) is 0. The molecular formula is C8H12N2O2. The third-order valence-electron chi connectivity index (χ3n) is 2.51. The molecule has 4 heteroatoms. The molecule has 66 valence electrons. The Balaban J connectivity index is 1.79. The van der Waals surface area contributed by atoms with Crippen molar-refractivity contribution in [2.45, 2.75) is 19.3 Å². The summed E-state index contributed by atoms with van der Waals surface area (Å²) in [5.41, 5.74) is 6.02. The zero-order chi connectivity index (χ0) is 8.55. The lowest BCUT2D eigenvalue weighted by Crippen LogP contribution is -2.17. The molecule has 12 heavy (non-hydrogen) atoms. The summed E-state index contributed by atoms with van der Waals surface area (Å²) in [5, 5.41) is 3.90. The van der Waals surface area contributed by atoms with E-state index in [0.29, 0.717) is 5.92 Å². The third-order valence-corrected chi connectivity index (χ3v) is 2.51. The smallest absolute Gasteiger partial charge is 0.258 e. The Hall–Kier alpha value is -1.06. The zero-order valence-corrected chi connectivity index (χ0v) is 6.82. The number of primary amides is 1. The fourth-order valence-electron chi connectivity index (χ4n) is 1.79. The predicted molar refractivity (Wildman–Crippen MR) is 43.4 cm³/mol. The number of oxime groups is 1. The topological polar surface area (TPSA) is 64.7 Å². The Morgan fingerprint density at radius 1 is 1.75 bits per heavy atom. The maximum atomic E-state index is 10.3. The van der Waals surface area contributed by atoms with Gasteiger partial charge in [-0.1, -0.05) is 5.16 Å². The van der Waals surface area contributed by atoms with Gasteiger partial charge in [0, 0.05) is 5.92 Å². The number of amides is 1. The number of rotatable bonds is 3. The molecular weight excluding hydrogens is 156 g/mol. The highest BCUT2D eigenvalue weighted by Crippen LogP contribution is 2.49. The Bertz CT molecular complexity index is 237. The maximum absolute atomic E-state index is 10.3. The van der Waals surface area contributed by atoms with Crippen LogP contribution in [0.2, 0.25) is 0 Å². The molecule has 2 aliphatic carbocycles. The molecule has 0 aliphatic heterocycles. The van der Waals surface area contributed by atoms with E-state index in [1.807, 2.05) is 0 Å². The number of carbonyl (C=O) groups excluding carboxylic acids is 1. The van der Waals surface area contributed by atoms with Crippen LogP contribution in [0, 0.1) is 11.8 Å². The van der Waals surface area contributed by atoms with Crippen LogP contribution in [0.5, 0.6) is 0 Å². The molecule has 0 radical (unpaired) electrons. The van der Waals surface area contributed by atoms with E-state index in [2.05, 4.69) is 5.16 Å². The van der Waals surface area contributed by atoms with Crippen molar-refractivity contribution in [3.63, 3.8) is 0 Å². The molecule has 0 heterocycles. The predicted octanol–water partition coefficient (Wildman–Crippen LogP) is 0.274. The lowest BCUT2D eigenvalue weighted by atomic mass is 10.2. The van der Waals surface area contributed by atoms with Crippen molar-refractivity contribution >= 4 is 11.6 Å². The Morgan fingerprint density at radius 2 is 2.58 bits per heavy atom. The van der Waals surface area contributed by atoms with Crippen LogP contribution in [-0.2, 0) is 9.63 Å². The molecule has 1 amide bonds. The van der Waals surface area contributed by atoms with Crippen LogP contribution in [0.1, 0.15) is 19.3 Å². The van der Waals surface area contributed by atoms with Gasteiger partial charge in [0.15, 0.2) is 6.61 Å². The van der Waals surface area contributed by atoms with Crippen molar-refractivity contribution in [3.05, 3.63) is 0 Å². The molecule has 2 fully saturated rings. The molecule has 0 spiro atoms. The van der Waals surface area contributed by atoms with Gasteiger partial charge in [-0.3, -0.25) is 4.79 Å². The number of nitrogens with two attached hydrogens (primary N) is 1. The standard InChI is InChI=1S/C8H12N2O2/c9-8(11)4-12-10-7-2-1-5-3-6(5)7/h5-6H,1-4H2,(H2,9,11)/b10-7-/t5-,6+/m0/s1. The minimum atomic E-state index is -0.468. The lowest BCUT2D eigenvalue weighted by Gasteiger charge is -1.98. The monoisotopic (exact) mass is 168 g/mol. The van der Waals surface area contributed by atoms with E-state index < -0.39 is 5.91 Å². The molecule has 2 aliphatic rings. The molecule has 0 saturated heterocycles. The van der Waals surface area contributed by atoms with Crippen LogP contribution in [0.4, 0.5) is 0 Å². The Kier molecular flexibility index (Phi) is 1.75. The zero-order valence-electron chi connectivity index (χ0n) is 6.82. The van der Waals surface area contributed by atoms with Crippen molar-refractivity contribution in [1.82, 2.24) is 0 Å². The molecule has 2 N–H and O–H groups in total. The summed E-state index contributed by atoms with van der Waals surface area (Å²) in [6.45, 7) is -0.0963. The van der Waals surface area contributed by atoms with E-state index in [1.165, 1.54) is 12.8 Å². The number of fused-ring (bicyclic) bond motifs is 1. The van der Waals surface area contributed by atoms with Crippen LogP contribution in [0.25, 0.3) is 0 Å². The summed E-state index contributed by atoms with van der Waals surface area (Å²) in [6.07, 6.45) is 3.54. The highest BCUT2D eigenvalue weighted by Gasteiger charge is 2.46. The lowest BCUT2D eigenvalue weighted by molar-refractivity contribution is -0.122. The fraction of sp³-hybridized carbons (Fsp3) is 0.750. The van der Waals surface area contributed by atoms with Crippen LogP contribution < -0.4 is 5.73 Å². The quantitative estimate of drug-likeness (QED) is 0.615. The molecule has 0 aromatic rings. The Labute approximate surface area is 70.7 Å². The summed E-state index contributed by atoms with van der Waals surface area (Å²) in [5.74, 6) is 1.06. The largest absolute Gasteiger partial charge is 0.386 e. The van der Waals surface area contributed by atoms with Gasteiger partial charge in [0.2, 0.25) is 0 Å². The maximum Gasteiger partial charge on any atom is 0.258 e. The van der Waals surface area contributed by atoms with Gasteiger partial charge < -0.3 is 10.6 Å². The first-order chi connectivity index (χ1) is 5.77. The van der Waals surface area contributed by atoms with Crippen molar-refractivity contribution in [3.8, 4) is 0 Å². The molecule has 0 unspecified atom stereocenters. The molecule has 0 aromatic carbocycles. The summed E-state index contributed by atoms with van der Waals surface area (Å²) >= 11 is 0. The average Bonchev–Trinajstić information content (AvgIpc) is 2.68. The van der Waals surface area contributed by atoms with Gasteiger partial charge in [-0.15, -0.1) is 0 Å². The third kappa shape index (κ3) is 1.42. The van der Waals surface area contributed by atoms with E-state index in [4.69, 9.17) is 10.6 Å². The SMILES string of the molecule is NC(=O)CO/N=C1/CC[C@H]2C[C@@H]12. The highest BCUT2D eigenvalue weighted by atomic mass is 16.6. The summed E-state index contributed by atoms with van der Waals surface area (Å²) < 4.78 is 0. The summed E-state index contributed by atoms with van der Waals surface area (Å²) in [7, 11) is 0. The van der Waals surface area contributed by atoms with Crippen LogP contribution in [-0.4, -0.2) is 18.2 Å². The molecule has 4 nitrogen and oxygen atoms in total. The van der Waals surface area contributed by atoms with E-state index in [1.54, 1.807) is 0 Å². The van der Waals surface area contributed by atoms with Crippen LogP contribution >= 0.6 is 0 Å². The van der Waals surface area contributed by atoms with E-state index in [-0.39, 0.29) is 6.61 Å². The summed E-state index contributed by atoms with van der Waals surface area (Å²) in [4.78, 5) is 15.1. The van der Waals surface area contributed by atoms with Gasteiger partial charge in [0.25, 0.3) is 5.91 Å². The second kappa shape index (κ2) is 2.77. The highest BCUT2D eigenvalue weighted by molar-refractivity contribution is 5.91. The molecule has 2 rings (SSSR count). The first kappa shape index (κ1) is 7.58. The van der Waals surface area contributed by atoms with Gasteiger partial charge in [-0.05, 0) is 25.2 Å². The minimum Gasteiger partial charge on any atom is -0.386 e. The molecule has 0 aromatic heterocycles. The van der Waals surface area contributed by atoms with Crippen molar-refractivity contribution in [1.29, 1.82) is 0 Å². The first-order valence-corrected chi connectivity index (χ1v) is 4.24. The van der Waals surface area contributed by atoms with Gasteiger partial charge >= 0.3 is 0 Å². The molecule has 2 saturated carbocycles. The van der Waals surface area contributed by atoms with Gasteiger partial charge in [0.05, 0.1) is 5.71 Å². The number of hydrogen-bond acceptors (Lipinski definition) is 3. The second-order valence-corrected chi connectivity index (χ2v) is 3.46. The van der Waals surface area contributed by atoms with Crippen LogP contribution in [0.3, 0.4) is 0 Å². The van der Waals surface area contributed by atoms with Gasteiger partial charge in [-0.2, -0.15) is 0 Å². The number of nitrogens with zero attached hydrogens (tertiary/aromatic N) is 1. The second-order valence-electron chi connectivity index (χ2n) is 3.46. The molecule has 0 bridgehead atoms. The van der Waals surface area contributed by atoms with Crippen molar-refractivity contribution in [2.24, 2.45) is 22.7 Å². The number of carbonyl (C=O) groups is 1. The van der Waals surface area contributed by atoms with E-state index in [0.717, 1.165) is 18.1 Å². The molecule has 2 atom stereocenters. The first-order valence-electron chi connectivity index (χ1n) is 4.24. The van der Waals surface area contributed by atoms with Crippen LogP contribution in [0.15, 0.2) is 5.16 Å². The fourth-order valence-corrected chi connectivity index (χ4v) is 1.79. The Morgan fingerprint density at radius 3 is 3.08 bits per heavy atom. The average molecular weight is 168 g/mol. The normalized spacial score (nSPS) is 34.8. The minimum absolute atomic E-state index is 0.0963. The van der Waals surface area contributed by atoms with Gasteiger partial charge in [-0.25, -0.2) is 0 Å².